The molecule has 1 saturated carbocycles. The third kappa shape index (κ3) is 1.24. The molecule has 0 N–H and O–H groups in total. The minimum Gasteiger partial charge on any atom is -0.339 e. The van der Waals surface area contributed by atoms with Crippen molar-refractivity contribution < 1.29 is 13.6 Å². The molecule has 1 saturated heterocycles. The third-order valence-corrected chi connectivity index (χ3v) is 3.42. The van der Waals surface area contributed by atoms with Crippen molar-refractivity contribution >= 4 is 5.91 Å². The molecule has 1 spiro atoms. The summed E-state index contributed by atoms with van der Waals surface area (Å²) in [7, 11) is 0. The number of hydrogen-bond donors (Lipinski definition) is 0. The van der Waals surface area contributed by atoms with E-state index in [4.69, 9.17) is 0 Å². The summed E-state index contributed by atoms with van der Waals surface area (Å²) < 4.78 is 25.9. The van der Waals surface area contributed by atoms with Gasteiger partial charge >= 0.3 is 0 Å². The molecule has 1 amide bonds. The fraction of sp³-hybridized carbons (Fsp3) is 0.700. The molecular formula is C10H13F2NO. The largest absolute Gasteiger partial charge is 0.339 e. The molecular weight excluding hydrogens is 188 g/mol. The highest BCUT2D eigenvalue weighted by Gasteiger charge is 2.70. The smallest absolute Gasteiger partial charge is 0.254 e. The number of alkyl halides is 2. The SMILES string of the molecule is C=CC(=O)N1CCC2(CC1)CC2(F)F. The fourth-order valence-corrected chi connectivity index (χ4v) is 2.21. The molecule has 0 unspecified atom stereocenters. The van der Waals surface area contributed by atoms with E-state index in [0.717, 1.165) is 0 Å². The molecule has 78 valence electrons. The van der Waals surface area contributed by atoms with Crippen molar-refractivity contribution in [2.45, 2.75) is 25.2 Å². The predicted molar refractivity (Wildman–Crippen MR) is 48.0 cm³/mol. The number of carbonyl (C=O) groups excluding carboxylic acids is 1. The number of hydrogen-bond acceptors (Lipinski definition) is 1. The molecule has 0 aromatic carbocycles. The van der Waals surface area contributed by atoms with Gasteiger partial charge in [-0.05, 0) is 18.9 Å². The van der Waals surface area contributed by atoms with Crippen LogP contribution < -0.4 is 0 Å². The molecule has 0 aromatic rings. The maximum Gasteiger partial charge on any atom is 0.254 e. The second-order valence-corrected chi connectivity index (χ2v) is 4.19. The summed E-state index contributed by atoms with van der Waals surface area (Å²) in [5, 5.41) is 0. The Balaban J connectivity index is 1.94. The Morgan fingerprint density at radius 1 is 1.36 bits per heavy atom. The maximum absolute atomic E-state index is 13.0. The lowest BCUT2D eigenvalue weighted by Crippen LogP contribution is -2.39. The fourth-order valence-electron chi connectivity index (χ4n) is 2.21. The average molecular weight is 201 g/mol. The number of carbonyl (C=O) groups is 1. The van der Waals surface area contributed by atoms with Gasteiger partial charge in [-0.25, -0.2) is 8.78 Å². The van der Waals surface area contributed by atoms with Gasteiger partial charge in [0.05, 0.1) is 0 Å². The lowest BCUT2D eigenvalue weighted by Gasteiger charge is -2.31. The van der Waals surface area contributed by atoms with Crippen LogP contribution in [-0.2, 0) is 4.79 Å². The molecule has 1 heterocycles. The Kier molecular flexibility index (Phi) is 1.91. The summed E-state index contributed by atoms with van der Waals surface area (Å²) in [6, 6.07) is 0. The molecule has 2 aliphatic rings. The molecule has 0 atom stereocenters. The van der Waals surface area contributed by atoms with Crippen molar-refractivity contribution in [2.24, 2.45) is 5.41 Å². The zero-order chi connectivity index (χ0) is 10.4. The van der Waals surface area contributed by atoms with Crippen LogP contribution in [0.15, 0.2) is 12.7 Å². The van der Waals surface area contributed by atoms with Gasteiger partial charge in [-0.1, -0.05) is 6.58 Å². The van der Waals surface area contributed by atoms with Gasteiger partial charge in [-0.15, -0.1) is 0 Å². The lowest BCUT2D eigenvalue weighted by atomic mass is 9.93. The number of likely N-dealkylation sites (tertiary alicyclic amines) is 1. The Labute approximate surface area is 81.6 Å². The van der Waals surface area contributed by atoms with E-state index in [1.54, 1.807) is 4.90 Å². The van der Waals surface area contributed by atoms with Crippen LogP contribution in [0.3, 0.4) is 0 Å². The Hall–Kier alpha value is -0.930. The van der Waals surface area contributed by atoms with Crippen molar-refractivity contribution in [3.63, 3.8) is 0 Å². The molecule has 2 rings (SSSR count). The second kappa shape index (κ2) is 2.78. The van der Waals surface area contributed by atoms with Crippen LogP contribution in [0.1, 0.15) is 19.3 Å². The predicted octanol–water partition coefficient (Wildman–Crippen LogP) is 1.82. The molecule has 2 nitrogen and oxygen atoms in total. The highest BCUT2D eigenvalue weighted by molar-refractivity contribution is 5.87. The molecule has 0 radical (unpaired) electrons. The van der Waals surface area contributed by atoms with E-state index >= 15 is 0 Å². The van der Waals surface area contributed by atoms with E-state index < -0.39 is 11.3 Å². The van der Waals surface area contributed by atoms with Crippen LogP contribution in [-0.4, -0.2) is 29.8 Å². The van der Waals surface area contributed by atoms with Crippen LogP contribution in [0.5, 0.6) is 0 Å². The summed E-state index contributed by atoms with van der Waals surface area (Å²) in [5.41, 5.74) is -0.773. The van der Waals surface area contributed by atoms with Gasteiger partial charge in [-0.2, -0.15) is 0 Å². The molecule has 1 aliphatic heterocycles. The van der Waals surface area contributed by atoms with Gasteiger partial charge in [-0.3, -0.25) is 4.79 Å². The highest BCUT2D eigenvalue weighted by Crippen LogP contribution is 2.65. The highest BCUT2D eigenvalue weighted by atomic mass is 19.3. The molecule has 14 heavy (non-hydrogen) atoms. The standard InChI is InChI=1S/C10H13F2NO/c1-2-8(14)13-5-3-9(4-6-13)7-10(9,11)12/h2H,1,3-7H2. The summed E-state index contributed by atoms with van der Waals surface area (Å²) >= 11 is 0. The number of nitrogens with zero attached hydrogens (tertiary/aromatic N) is 1. The maximum atomic E-state index is 13.0. The van der Waals surface area contributed by atoms with E-state index in [2.05, 4.69) is 6.58 Å². The van der Waals surface area contributed by atoms with Crippen molar-refractivity contribution in [1.29, 1.82) is 0 Å². The Bertz CT molecular complexity index is 280. The van der Waals surface area contributed by atoms with Crippen LogP contribution >= 0.6 is 0 Å². The number of halogens is 2. The van der Waals surface area contributed by atoms with Crippen molar-refractivity contribution in [3.05, 3.63) is 12.7 Å². The Morgan fingerprint density at radius 2 is 1.86 bits per heavy atom. The normalized spacial score (nSPS) is 27.4. The Morgan fingerprint density at radius 3 is 2.21 bits per heavy atom. The van der Waals surface area contributed by atoms with Gasteiger partial charge in [0.2, 0.25) is 5.91 Å². The van der Waals surface area contributed by atoms with Gasteiger partial charge in [0.15, 0.2) is 0 Å². The van der Waals surface area contributed by atoms with Crippen LogP contribution in [0.2, 0.25) is 0 Å². The first-order chi connectivity index (χ1) is 6.51. The quantitative estimate of drug-likeness (QED) is 0.592. The van der Waals surface area contributed by atoms with Gasteiger partial charge in [0.1, 0.15) is 0 Å². The first-order valence-electron chi connectivity index (χ1n) is 4.80. The minimum absolute atomic E-state index is 0.0100. The van der Waals surface area contributed by atoms with Gasteiger partial charge < -0.3 is 4.90 Å². The molecule has 2 fully saturated rings. The molecule has 4 heteroatoms. The zero-order valence-electron chi connectivity index (χ0n) is 7.93. The monoisotopic (exact) mass is 201 g/mol. The van der Waals surface area contributed by atoms with Crippen LogP contribution in [0.25, 0.3) is 0 Å². The van der Waals surface area contributed by atoms with E-state index in [1.807, 2.05) is 0 Å². The van der Waals surface area contributed by atoms with Crippen LogP contribution in [0, 0.1) is 5.41 Å². The van der Waals surface area contributed by atoms with Crippen molar-refractivity contribution in [1.82, 2.24) is 4.90 Å². The summed E-state index contributed by atoms with van der Waals surface area (Å²) in [4.78, 5) is 12.8. The number of piperidine rings is 1. The van der Waals surface area contributed by atoms with Gasteiger partial charge in [0, 0.05) is 24.9 Å². The first-order valence-corrected chi connectivity index (χ1v) is 4.80. The van der Waals surface area contributed by atoms with E-state index in [-0.39, 0.29) is 12.3 Å². The molecule has 0 aromatic heterocycles. The minimum atomic E-state index is -2.48. The van der Waals surface area contributed by atoms with Crippen LogP contribution in [0.4, 0.5) is 8.78 Å². The van der Waals surface area contributed by atoms with Crippen molar-refractivity contribution in [3.8, 4) is 0 Å². The number of amides is 1. The molecule has 0 bridgehead atoms. The number of rotatable bonds is 1. The summed E-state index contributed by atoms with van der Waals surface area (Å²) in [6.45, 7) is 4.27. The van der Waals surface area contributed by atoms with Crippen molar-refractivity contribution in [2.75, 3.05) is 13.1 Å². The molecule has 1 aliphatic carbocycles. The van der Waals surface area contributed by atoms with E-state index in [9.17, 15) is 13.6 Å². The first kappa shape index (κ1) is 9.62. The summed E-state index contributed by atoms with van der Waals surface area (Å²) in [5.74, 6) is -2.63. The zero-order valence-corrected chi connectivity index (χ0v) is 7.93. The van der Waals surface area contributed by atoms with Gasteiger partial charge in [0.25, 0.3) is 5.92 Å². The van der Waals surface area contributed by atoms with E-state index in [1.165, 1.54) is 6.08 Å². The summed E-state index contributed by atoms with van der Waals surface area (Å²) in [6.07, 6.45) is 2.11. The average Bonchev–Trinajstić information content (AvgIpc) is 2.68. The third-order valence-electron chi connectivity index (χ3n) is 3.42. The topological polar surface area (TPSA) is 20.3 Å². The lowest BCUT2D eigenvalue weighted by molar-refractivity contribution is -0.128. The second-order valence-electron chi connectivity index (χ2n) is 4.19. The van der Waals surface area contributed by atoms with E-state index in [0.29, 0.717) is 25.9 Å².